The predicted molar refractivity (Wildman–Crippen MR) is 108 cm³/mol. The van der Waals surface area contributed by atoms with Gasteiger partial charge in [0.05, 0.1) is 12.3 Å². The lowest BCUT2D eigenvalue weighted by molar-refractivity contribution is -0.154. The summed E-state index contributed by atoms with van der Waals surface area (Å²) in [7, 11) is 0. The van der Waals surface area contributed by atoms with Crippen molar-refractivity contribution in [1.82, 2.24) is 0 Å². The molecule has 4 aliphatic rings. The number of nitrogens with zero attached hydrogens (tertiary/aromatic N) is 1. The van der Waals surface area contributed by atoms with E-state index in [4.69, 9.17) is 10.5 Å². The van der Waals surface area contributed by atoms with E-state index in [1.807, 2.05) is 0 Å². The minimum absolute atomic E-state index is 0. The Morgan fingerprint density at radius 2 is 2.00 bits per heavy atom. The maximum absolute atomic E-state index is 12.6. The molecule has 0 heterocycles. The van der Waals surface area contributed by atoms with Crippen LogP contribution in [0.2, 0.25) is 0 Å². The molecular weight excluding hydrogens is 380 g/mol. The molecule has 0 spiro atoms. The number of rotatable bonds is 2. The molecule has 0 aromatic rings. The highest BCUT2D eigenvalue weighted by molar-refractivity contribution is 5.90. The van der Waals surface area contributed by atoms with Gasteiger partial charge in [-0.25, -0.2) is 0 Å². The zero-order chi connectivity index (χ0) is 19.4. The molecule has 4 aliphatic carbocycles. The monoisotopic (exact) mass is 412 g/mol. The summed E-state index contributed by atoms with van der Waals surface area (Å²) in [5.41, 5.74) is 6.10. The Balaban J connectivity index is 0.00000225. The molecule has 3 N–H and O–H groups in total. The first-order chi connectivity index (χ1) is 12.8. The van der Waals surface area contributed by atoms with Crippen molar-refractivity contribution < 1.29 is 19.5 Å². The van der Waals surface area contributed by atoms with Gasteiger partial charge in [0.25, 0.3) is 0 Å². The average Bonchev–Trinajstić information content (AvgIpc) is 2.96. The van der Waals surface area contributed by atoms with E-state index in [0.29, 0.717) is 36.4 Å². The maximum atomic E-state index is 12.6. The van der Waals surface area contributed by atoms with Gasteiger partial charge in [0.15, 0.2) is 0 Å². The van der Waals surface area contributed by atoms with E-state index in [9.17, 15) is 14.8 Å². The molecule has 28 heavy (non-hydrogen) atoms. The number of carbonyl (C=O) groups is 2. The molecule has 0 aromatic carbocycles. The highest BCUT2D eigenvalue weighted by atomic mass is 35.5. The van der Waals surface area contributed by atoms with Gasteiger partial charge in [0.2, 0.25) is 0 Å². The molecule has 4 fully saturated rings. The van der Waals surface area contributed by atoms with E-state index in [0.717, 1.165) is 44.2 Å². The van der Waals surface area contributed by atoms with Crippen LogP contribution in [-0.4, -0.2) is 35.3 Å². The zero-order valence-electron chi connectivity index (χ0n) is 16.9. The smallest absolute Gasteiger partial charge is 0.319 e. The molecule has 0 aliphatic heterocycles. The van der Waals surface area contributed by atoms with E-state index in [2.05, 4.69) is 19.0 Å². The molecule has 4 rings (SSSR count). The number of hydrogen-bond acceptors (Lipinski definition) is 6. The largest absolute Gasteiger partial charge is 0.461 e. The van der Waals surface area contributed by atoms with Crippen molar-refractivity contribution in [2.45, 2.75) is 71.3 Å². The van der Waals surface area contributed by atoms with E-state index >= 15 is 0 Å². The number of Topliss-reactive ketones (excluding diaryl/α,β-unsaturated/α-hetero) is 1. The van der Waals surface area contributed by atoms with Gasteiger partial charge < -0.3 is 15.7 Å². The maximum Gasteiger partial charge on any atom is 0.319 e. The van der Waals surface area contributed by atoms with Crippen molar-refractivity contribution >= 4 is 29.9 Å². The summed E-state index contributed by atoms with van der Waals surface area (Å²) in [6, 6.07) is 0. The van der Waals surface area contributed by atoms with Gasteiger partial charge in [0.1, 0.15) is 11.9 Å². The number of ether oxygens (including phenoxy) is 1. The summed E-state index contributed by atoms with van der Waals surface area (Å²) in [4.78, 5) is 24.2. The fourth-order valence-corrected chi connectivity index (χ4v) is 7.25. The third-order valence-electron chi connectivity index (χ3n) is 8.73. The lowest BCUT2D eigenvalue weighted by Crippen LogP contribution is -2.57. The van der Waals surface area contributed by atoms with Crippen LogP contribution in [0.1, 0.15) is 65.2 Å². The number of nitrogens with two attached hydrogens (primary N) is 1. The van der Waals surface area contributed by atoms with E-state index in [-0.39, 0.29) is 47.8 Å². The topological polar surface area (TPSA) is 102 Å². The van der Waals surface area contributed by atoms with E-state index in [1.165, 1.54) is 0 Å². The van der Waals surface area contributed by atoms with Crippen LogP contribution in [0.3, 0.4) is 0 Å². The average molecular weight is 413 g/mol. The third kappa shape index (κ3) is 3.07. The van der Waals surface area contributed by atoms with Crippen molar-refractivity contribution in [2.75, 3.05) is 6.54 Å². The summed E-state index contributed by atoms with van der Waals surface area (Å²) < 4.78 is 5.52. The number of hydrogen-bond donors (Lipinski definition) is 2. The lowest BCUT2D eigenvalue weighted by atomic mass is 9.44. The third-order valence-corrected chi connectivity index (χ3v) is 8.73. The molecule has 6 nitrogen and oxygen atoms in total. The van der Waals surface area contributed by atoms with Gasteiger partial charge in [-0.05, 0) is 68.1 Å². The molecule has 158 valence electrons. The van der Waals surface area contributed by atoms with Gasteiger partial charge in [-0.2, -0.15) is 0 Å². The van der Waals surface area contributed by atoms with Crippen molar-refractivity contribution in [3.63, 3.8) is 0 Å². The van der Waals surface area contributed by atoms with Crippen molar-refractivity contribution in [3.8, 4) is 0 Å². The normalized spacial score (nSPS) is 46.2. The van der Waals surface area contributed by atoms with Crippen LogP contribution in [0, 0.1) is 34.5 Å². The van der Waals surface area contributed by atoms with Crippen molar-refractivity contribution in [2.24, 2.45) is 45.4 Å². The second kappa shape index (κ2) is 7.60. The van der Waals surface area contributed by atoms with Crippen LogP contribution in [0.4, 0.5) is 0 Å². The Bertz CT molecular complexity index is 683. The Kier molecular flexibility index (Phi) is 5.85. The van der Waals surface area contributed by atoms with Crippen molar-refractivity contribution in [1.29, 1.82) is 0 Å². The Morgan fingerprint density at radius 1 is 1.25 bits per heavy atom. The highest BCUT2D eigenvalue weighted by Crippen LogP contribution is 2.64. The fraction of sp³-hybridized carbons (Fsp3) is 0.857. The van der Waals surface area contributed by atoms with Crippen molar-refractivity contribution in [3.05, 3.63) is 0 Å². The lowest BCUT2D eigenvalue weighted by Gasteiger charge is -2.60. The molecule has 0 amide bonds. The predicted octanol–water partition coefficient (Wildman–Crippen LogP) is 3.33. The Labute approximate surface area is 173 Å². The van der Waals surface area contributed by atoms with Crippen LogP contribution in [-0.2, 0) is 14.3 Å². The van der Waals surface area contributed by atoms with Gasteiger partial charge in [-0.15, -0.1) is 12.4 Å². The van der Waals surface area contributed by atoms with Crippen LogP contribution in [0.25, 0.3) is 0 Å². The SMILES string of the molecule is C[C@]12CCC(OC(=O)CN)CC1/C(=N\O)C[C@@H]1[C@H]2CC[C@]2(C)C(=O)CC[C@@H]12.Cl. The summed E-state index contributed by atoms with van der Waals surface area (Å²) in [6.45, 7) is 4.40. The molecule has 7 atom stereocenters. The van der Waals surface area contributed by atoms with E-state index < -0.39 is 0 Å². The molecule has 0 saturated heterocycles. The van der Waals surface area contributed by atoms with Gasteiger partial charge in [-0.3, -0.25) is 9.59 Å². The first-order valence-electron chi connectivity index (χ1n) is 10.5. The molecule has 0 aromatic heterocycles. The van der Waals surface area contributed by atoms with Crippen LogP contribution < -0.4 is 5.73 Å². The zero-order valence-corrected chi connectivity index (χ0v) is 17.7. The number of carbonyl (C=O) groups excluding carboxylic acids is 2. The van der Waals surface area contributed by atoms with E-state index in [1.54, 1.807) is 0 Å². The van der Waals surface area contributed by atoms with Crippen LogP contribution in [0.5, 0.6) is 0 Å². The summed E-state index contributed by atoms with van der Waals surface area (Å²) in [6.07, 6.45) is 6.87. The summed E-state index contributed by atoms with van der Waals surface area (Å²) in [5, 5.41) is 13.5. The number of oxime groups is 1. The summed E-state index contributed by atoms with van der Waals surface area (Å²) >= 11 is 0. The molecule has 7 heteroatoms. The first kappa shape index (κ1) is 21.6. The number of ketones is 1. The molecular formula is C21H33ClN2O4. The van der Waals surface area contributed by atoms with Gasteiger partial charge in [0, 0.05) is 17.8 Å². The van der Waals surface area contributed by atoms with Crippen LogP contribution >= 0.6 is 12.4 Å². The molecule has 4 saturated carbocycles. The quantitative estimate of drug-likeness (QED) is 0.411. The van der Waals surface area contributed by atoms with Gasteiger partial charge >= 0.3 is 5.97 Å². The van der Waals surface area contributed by atoms with Gasteiger partial charge in [-0.1, -0.05) is 19.0 Å². The number of halogens is 1. The number of esters is 1. The number of fused-ring (bicyclic) bond motifs is 5. The minimum Gasteiger partial charge on any atom is -0.461 e. The highest BCUT2D eigenvalue weighted by Gasteiger charge is 2.62. The molecule has 0 bridgehead atoms. The summed E-state index contributed by atoms with van der Waals surface area (Å²) in [5.74, 6) is 1.57. The standard InChI is InChI=1S/C21H32N2O4.ClH/c1-20-7-5-12(27-19(25)11-22)9-16(20)17(23-26)10-13-14-3-4-18(24)21(14,2)8-6-15(13)20;/h12-16,26H,3-11,22H2,1-2H3;1H/b23-17-;/t12?,13-,14-,15+,16?,20+,21-;/m0./s1. The van der Waals surface area contributed by atoms with Crippen LogP contribution in [0.15, 0.2) is 5.16 Å². The first-order valence-corrected chi connectivity index (χ1v) is 10.5. The fourth-order valence-electron chi connectivity index (χ4n) is 7.25. The Hall–Kier alpha value is -1.14. The molecule has 2 unspecified atom stereocenters. The molecule has 0 radical (unpaired) electrons. The second-order valence-corrected chi connectivity index (χ2v) is 9.74. The second-order valence-electron chi connectivity index (χ2n) is 9.74. The minimum atomic E-state index is -0.363. The Morgan fingerprint density at radius 3 is 2.68 bits per heavy atom.